The van der Waals surface area contributed by atoms with Gasteiger partial charge in [-0.3, -0.25) is 4.79 Å². The van der Waals surface area contributed by atoms with Gasteiger partial charge < -0.3 is 26.2 Å². The first kappa shape index (κ1) is 24.4. The first-order valence-corrected chi connectivity index (χ1v) is 12.0. The van der Waals surface area contributed by atoms with Crippen LogP contribution in [0.2, 0.25) is 0 Å². The summed E-state index contributed by atoms with van der Waals surface area (Å²) >= 11 is 0. The molecular formula is C26H34N8O. The van der Waals surface area contributed by atoms with Gasteiger partial charge in [0.2, 0.25) is 5.95 Å². The van der Waals surface area contributed by atoms with Crippen LogP contribution in [0.1, 0.15) is 49.2 Å². The van der Waals surface area contributed by atoms with E-state index in [1.165, 1.54) is 11.1 Å². The maximum absolute atomic E-state index is 12.9. The van der Waals surface area contributed by atoms with Crippen molar-refractivity contribution < 1.29 is 4.79 Å². The highest BCUT2D eigenvalue weighted by molar-refractivity contribution is 5.99. The van der Waals surface area contributed by atoms with Gasteiger partial charge in [0.25, 0.3) is 5.91 Å². The normalized spacial score (nSPS) is 12.9. The molecule has 0 aliphatic carbocycles. The number of pyridine rings is 1. The molecule has 0 atom stereocenters. The minimum Gasteiger partial charge on any atom is -0.357 e. The molecule has 9 nitrogen and oxygen atoms in total. The summed E-state index contributed by atoms with van der Waals surface area (Å²) in [5, 5.41) is 12.9. The molecule has 4 N–H and O–H groups in total. The lowest BCUT2D eigenvalue weighted by molar-refractivity contribution is 0.0943. The van der Waals surface area contributed by atoms with Crippen LogP contribution in [0.25, 0.3) is 0 Å². The fourth-order valence-corrected chi connectivity index (χ4v) is 3.82. The number of nitrogens with one attached hydrogen (secondary N) is 4. The van der Waals surface area contributed by atoms with Crippen LogP contribution in [0, 0.1) is 0 Å². The lowest BCUT2D eigenvalue weighted by Gasteiger charge is -2.23. The van der Waals surface area contributed by atoms with Crippen molar-refractivity contribution in [1.82, 2.24) is 25.6 Å². The highest BCUT2D eigenvalue weighted by Gasteiger charge is 2.17. The maximum atomic E-state index is 12.9. The lowest BCUT2D eigenvalue weighted by Crippen LogP contribution is -2.31. The molecule has 1 aliphatic rings. The van der Waals surface area contributed by atoms with Crippen LogP contribution in [-0.4, -0.2) is 46.5 Å². The predicted molar refractivity (Wildman–Crippen MR) is 141 cm³/mol. The number of nitrogens with zero attached hydrogens (tertiary/aromatic N) is 4. The highest BCUT2D eigenvalue weighted by Crippen LogP contribution is 2.25. The van der Waals surface area contributed by atoms with Crippen molar-refractivity contribution in [3.63, 3.8) is 0 Å². The van der Waals surface area contributed by atoms with Crippen LogP contribution >= 0.6 is 0 Å². The zero-order valence-electron chi connectivity index (χ0n) is 21.0. The number of hydrogen-bond acceptors (Lipinski definition) is 8. The van der Waals surface area contributed by atoms with Crippen LogP contribution < -0.4 is 26.2 Å². The zero-order chi connectivity index (χ0) is 24.9. The fourth-order valence-electron chi connectivity index (χ4n) is 3.82. The van der Waals surface area contributed by atoms with Gasteiger partial charge in [0.1, 0.15) is 17.2 Å². The van der Waals surface area contributed by atoms with Crippen LogP contribution in [0.4, 0.5) is 29.0 Å². The van der Waals surface area contributed by atoms with Gasteiger partial charge in [0.15, 0.2) is 0 Å². The van der Waals surface area contributed by atoms with E-state index in [2.05, 4.69) is 67.1 Å². The molecular weight excluding hydrogens is 440 g/mol. The van der Waals surface area contributed by atoms with Crippen molar-refractivity contribution >= 4 is 34.9 Å². The van der Waals surface area contributed by atoms with Crippen molar-refractivity contribution in [3.8, 4) is 0 Å². The SMILES string of the molecule is CC(C)NC(=O)c1cnc(Nc2ccc3c(c2)CCNC3)nc1Nc1ccnc(N(C)C(C)C)c1. The summed E-state index contributed by atoms with van der Waals surface area (Å²) in [6, 6.07) is 10.4. The van der Waals surface area contributed by atoms with E-state index in [-0.39, 0.29) is 11.9 Å². The molecule has 3 aromatic rings. The van der Waals surface area contributed by atoms with E-state index >= 15 is 0 Å². The summed E-state index contributed by atoms with van der Waals surface area (Å²) in [5.74, 6) is 1.43. The number of fused-ring (bicyclic) bond motifs is 1. The molecule has 0 radical (unpaired) electrons. The van der Waals surface area contributed by atoms with E-state index < -0.39 is 0 Å². The van der Waals surface area contributed by atoms with Gasteiger partial charge >= 0.3 is 0 Å². The topological polar surface area (TPSA) is 107 Å². The number of carbonyl (C=O) groups excluding carboxylic acids is 1. The van der Waals surface area contributed by atoms with Crippen molar-refractivity contribution in [2.75, 3.05) is 29.1 Å². The first-order chi connectivity index (χ1) is 16.8. The summed E-state index contributed by atoms with van der Waals surface area (Å²) < 4.78 is 0. The van der Waals surface area contributed by atoms with E-state index in [0.29, 0.717) is 23.4 Å². The Hall–Kier alpha value is -3.72. The first-order valence-electron chi connectivity index (χ1n) is 12.0. The van der Waals surface area contributed by atoms with Gasteiger partial charge in [-0.25, -0.2) is 9.97 Å². The van der Waals surface area contributed by atoms with Crippen molar-refractivity contribution in [3.05, 3.63) is 59.4 Å². The molecule has 35 heavy (non-hydrogen) atoms. The molecule has 1 aliphatic heterocycles. The largest absolute Gasteiger partial charge is 0.357 e. The molecule has 3 heterocycles. The molecule has 0 spiro atoms. The van der Waals surface area contributed by atoms with Crippen molar-refractivity contribution in [2.24, 2.45) is 0 Å². The van der Waals surface area contributed by atoms with Gasteiger partial charge in [0, 0.05) is 55.5 Å². The number of benzene rings is 1. The molecule has 0 fully saturated rings. The number of aromatic nitrogens is 3. The minimum atomic E-state index is -0.232. The minimum absolute atomic E-state index is 0.00893. The van der Waals surface area contributed by atoms with E-state index in [4.69, 9.17) is 0 Å². The Morgan fingerprint density at radius 3 is 2.60 bits per heavy atom. The Bertz CT molecular complexity index is 1190. The average molecular weight is 475 g/mol. The Morgan fingerprint density at radius 1 is 1.03 bits per heavy atom. The Labute approximate surface area is 206 Å². The molecule has 1 aromatic carbocycles. The summed E-state index contributed by atoms with van der Waals surface area (Å²) in [7, 11) is 2.00. The smallest absolute Gasteiger partial charge is 0.256 e. The monoisotopic (exact) mass is 474 g/mol. The molecule has 184 valence electrons. The molecule has 2 aromatic heterocycles. The second kappa shape index (κ2) is 10.7. The second-order valence-corrected chi connectivity index (χ2v) is 9.35. The van der Waals surface area contributed by atoms with Crippen molar-refractivity contribution in [1.29, 1.82) is 0 Å². The lowest BCUT2D eigenvalue weighted by atomic mass is 10.0. The Kier molecular flexibility index (Phi) is 7.45. The maximum Gasteiger partial charge on any atom is 0.256 e. The van der Waals surface area contributed by atoms with Crippen LogP contribution in [0.5, 0.6) is 0 Å². The molecule has 0 saturated heterocycles. The number of carbonyl (C=O) groups is 1. The molecule has 1 amide bonds. The standard InChI is InChI=1S/C26H34N8O/c1-16(2)30-25(35)22-15-29-26(32-20-7-6-19-14-27-10-8-18(19)12-20)33-24(22)31-21-9-11-28-23(13-21)34(5)17(3)4/h6-7,9,11-13,15-17,27H,8,10,14H2,1-5H3,(H,30,35)(H2,28,29,31,32,33). The molecule has 4 rings (SSSR count). The Balaban J connectivity index is 1.64. The summed E-state index contributed by atoms with van der Waals surface area (Å²) in [6.45, 7) is 9.92. The number of amides is 1. The average Bonchev–Trinajstić information content (AvgIpc) is 2.83. The predicted octanol–water partition coefficient (Wildman–Crippen LogP) is 3.99. The molecule has 0 saturated carbocycles. The Morgan fingerprint density at radius 2 is 1.83 bits per heavy atom. The van der Waals surface area contributed by atoms with Gasteiger partial charge in [-0.05, 0) is 70.0 Å². The van der Waals surface area contributed by atoms with Crippen LogP contribution in [0.15, 0.2) is 42.7 Å². The quantitative estimate of drug-likeness (QED) is 0.388. The number of rotatable bonds is 8. The van der Waals surface area contributed by atoms with Gasteiger partial charge in [-0.2, -0.15) is 4.98 Å². The fraction of sp³-hybridized carbons (Fsp3) is 0.385. The number of anilines is 5. The summed E-state index contributed by atoms with van der Waals surface area (Å²) in [5.41, 5.74) is 4.70. The van der Waals surface area contributed by atoms with Crippen molar-refractivity contribution in [2.45, 2.75) is 52.7 Å². The van der Waals surface area contributed by atoms with E-state index in [1.807, 2.05) is 39.1 Å². The van der Waals surface area contributed by atoms with Gasteiger partial charge in [0.05, 0.1) is 0 Å². The zero-order valence-corrected chi connectivity index (χ0v) is 21.0. The second-order valence-electron chi connectivity index (χ2n) is 9.35. The highest BCUT2D eigenvalue weighted by atomic mass is 16.1. The van der Waals surface area contributed by atoms with E-state index in [0.717, 1.165) is 36.7 Å². The van der Waals surface area contributed by atoms with Crippen LogP contribution in [-0.2, 0) is 13.0 Å². The summed E-state index contributed by atoms with van der Waals surface area (Å²) in [4.78, 5) is 28.5. The van der Waals surface area contributed by atoms with Crippen LogP contribution in [0.3, 0.4) is 0 Å². The molecule has 9 heteroatoms. The van der Waals surface area contributed by atoms with E-state index in [9.17, 15) is 4.79 Å². The van der Waals surface area contributed by atoms with Gasteiger partial charge in [-0.15, -0.1) is 0 Å². The molecule has 0 unspecified atom stereocenters. The number of hydrogen-bond donors (Lipinski definition) is 4. The third-order valence-corrected chi connectivity index (χ3v) is 5.95. The van der Waals surface area contributed by atoms with E-state index in [1.54, 1.807) is 12.4 Å². The van der Waals surface area contributed by atoms with Gasteiger partial charge in [-0.1, -0.05) is 6.07 Å². The molecule has 0 bridgehead atoms. The third kappa shape index (κ3) is 6.05. The summed E-state index contributed by atoms with van der Waals surface area (Å²) in [6.07, 6.45) is 4.29. The third-order valence-electron chi connectivity index (χ3n) is 5.95.